The summed E-state index contributed by atoms with van der Waals surface area (Å²) in [5, 5.41) is 3.19. The van der Waals surface area contributed by atoms with Crippen molar-refractivity contribution < 1.29 is 9.53 Å². The molecule has 12 heavy (non-hydrogen) atoms. The number of ketones is 1. The topological polar surface area (TPSA) is 38.3 Å². The molecule has 1 unspecified atom stereocenters. The fourth-order valence-corrected chi connectivity index (χ4v) is 1.71. The van der Waals surface area contributed by atoms with E-state index < -0.39 is 0 Å². The minimum absolute atomic E-state index is 0.206. The average Bonchev–Trinajstić information content (AvgIpc) is 2.77. The molecule has 2 heterocycles. The van der Waals surface area contributed by atoms with E-state index in [1.807, 2.05) is 0 Å². The highest BCUT2D eigenvalue weighted by molar-refractivity contribution is 5.97. The summed E-state index contributed by atoms with van der Waals surface area (Å²) in [6.45, 7) is 2.50. The molecular weight excluding hydrogens is 154 g/mol. The van der Waals surface area contributed by atoms with Crippen molar-refractivity contribution in [2.45, 2.75) is 12.8 Å². The van der Waals surface area contributed by atoms with Crippen LogP contribution in [0.3, 0.4) is 0 Å². The van der Waals surface area contributed by atoms with Gasteiger partial charge in [0.15, 0.2) is 5.78 Å². The molecule has 0 radical (unpaired) electrons. The number of nitrogens with one attached hydrogen (secondary N) is 1. The lowest BCUT2D eigenvalue weighted by atomic mass is 9.96. The van der Waals surface area contributed by atoms with Crippen molar-refractivity contribution in [3.05, 3.63) is 11.8 Å². The largest absolute Gasteiger partial charge is 0.500 e. The lowest BCUT2D eigenvalue weighted by Gasteiger charge is -2.05. The van der Waals surface area contributed by atoms with E-state index >= 15 is 0 Å². The van der Waals surface area contributed by atoms with Gasteiger partial charge >= 0.3 is 0 Å². The zero-order valence-corrected chi connectivity index (χ0v) is 7.01. The third kappa shape index (κ3) is 1.37. The van der Waals surface area contributed by atoms with Gasteiger partial charge < -0.3 is 10.1 Å². The van der Waals surface area contributed by atoms with Gasteiger partial charge in [0.05, 0.1) is 12.9 Å². The van der Waals surface area contributed by atoms with Gasteiger partial charge in [-0.25, -0.2) is 0 Å². The fraction of sp³-hybridized carbons (Fsp3) is 0.667. The van der Waals surface area contributed by atoms with Crippen LogP contribution in [-0.4, -0.2) is 25.5 Å². The third-order valence-corrected chi connectivity index (χ3v) is 2.46. The van der Waals surface area contributed by atoms with Crippen LogP contribution in [0, 0.1) is 5.92 Å². The van der Waals surface area contributed by atoms with Gasteiger partial charge in [0.1, 0.15) is 0 Å². The molecule has 2 rings (SSSR count). The predicted molar refractivity (Wildman–Crippen MR) is 44.6 cm³/mol. The standard InChI is InChI=1S/C9H13NO2/c11-9(7-1-3-10-5-7)8-2-4-12-6-8/h6-7,10H,1-5H2. The van der Waals surface area contributed by atoms with E-state index in [-0.39, 0.29) is 11.7 Å². The molecule has 3 heteroatoms. The Morgan fingerprint density at radius 1 is 1.67 bits per heavy atom. The molecule has 1 atom stereocenters. The average molecular weight is 167 g/mol. The first-order chi connectivity index (χ1) is 5.88. The highest BCUT2D eigenvalue weighted by Gasteiger charge is 2.26. The molecule has 0 amide bonds. The van der Waals surface area contributed by atoms with Crippen LogP contribution in [0.5, 0.6) is 0 Å². The molecule has 0 saturated carbocycles. The summed E-state index contributed by atoms with van der Waals surface area (Å²) in [6, 6.07) is 0. The van der Waals surface area contributed by atoms with Gasteiger partial charge in [-0.15, -0.1) is 0 Å². The number of carbonyl (C=O) groups is 1. The van der Waals surface area contributed by atoms with Crippen LogP contribution in [0.1, 0.15) is 12.8 Å². The van der Waals surface area contributed by atoms with Crippen molar-refractivity contribution in [2.75, 3.05) is 19.7 Å². The van der Waals surface area contributed by atoms with Crippen molar-refractivity contribution in [1.82, 2.24) is 5.32 Å². The first-order valence-electron chi connectivity index (χ1n) is 4.43. The summed E-state index contributed by atoms with van der Waals surface area (Å²) in [6.07, 6.45) is 3.41. The maximum Gasteiger partial charge on any atom is 0.166 e. The highest BCUT2D eigenvalue weighted by Crippen LogP contribution is 2.19. The Hall–Kier alpha value is -0.830. The van der Waals surface area contributed by atoms with Gasteiger partial charge in [0.2, 0.25) is 0 Å². The molecule has 0 aromatic carbocycles. The minimum Gasteiger partial charge on any atom is -0.500 e. The lowest BCUT2D eigenvalue weighted by Crippen LogP contribution is -2.18. The predicted octanol–water partition coefficient (Wildman–Crippen LogP) is 0.469. The van der Waals surface area contributed by atoms with Gasteiger partial charge in [-0.1, -0.05) is 0 Å². The highest BCUT2D eigenvalue weighted by atomic mass is 16.5. The zero-order valence-electron chi connectivity index (χ0n) is 7.01. The summed E-state index contributed by atoms with van der Waals surface area (Å²) >= 11 is 0. The van der Waals surface area contributed by atoms with E-state index in [2.05, 4.69) is 5.32 Å². The molecule has 1 N–H and O–H groups in total. The van der Waals surface area contributed by atoms with Gasteiger partial charge in [0.25, 0.3) is 0 Å². The Morgan fingerprint density at radius 3 is 3.17 bits per heavy atom. The first-order valence-corrected chi connectivity index (χ1v) is 4.43. The SMILES string of the molecule is O=C(C1=COCC1)C1CCNC1. The van der Waals surface area contributed by atoms with Gasteiger partial charge in [-0.3, -0.25) is 4.79 Å². The molecule has 0 aromatic rings. The quantitative estimate of drug-likeness (QED) is 0.649. The molecule has 1 fully saturated rings. The van der Waals surface area contributed by atoms with Crippen molar-refractivity contribution in [3.8, 4) is 0 Å². The minimum atomic E-state index is 0.206. The Bertz CT molecular complexity index is 217. The molecule has 1 saturated heterocycles. The van der Waals surface area contributed by atoms with Gasteiger partial charge in [-0.05, 0) is 13.0 Å². The van der Waals surface area contributed by atoms with Crippen molar-refractivity contribution in [1.29, 1.82) is 0 Å². The second-order valence-electron chi connectivity index (χ2n) is 3.32. The van der Waals surface area contributed by atoms with Crippen LogP contribution < -0.4 is 5.32 Å². The van der Waals surface area contributed by atoms with Crippen molar-refractivity contribution in [2.24, 2.45) is 5.92 Å². The smallest absolute Gasteiger partial charge is 0.166 e. The van der Waals surface area contributed by atoms with Crippen LogP contribution in [-0.2, 0) is 9.53 Å². The number of carbonyl (C=O) groups excluding carboxylic acids is 1. The van der Waals surface area contributed by atoms with Crippen LogP contribution >= 0.6 is 0 Å². The second kappa shape index (κ2) is 3.27. The van der Waals surface area contributed by atoms with Crippen LogP contribution in [0.4, 0.5) is 0 Å². The van der Waals surface area contributed by atoms with Crippen molar-refractivity contribution in [3.63, 3.8) is 0 Å². The number of ether oxygens (including phenoxy) is 1. The first kappa shape index (κ1) is 7.80. The van der Waals surface area contributed by atoms with Gasteiger partial charge in [-0.2, -0.15) is 0 Å². The van der Waals surface area contributed by atoms with Crippen LogP contribution in [0.2, 0.25) is 0 Å². The number of Topliss-reactive ketones (excluding diaryl/α,β-unsaturated/α-hetero) is 1. The van der Waals surface area contributed by atoms with Crippen LogP contribution in [0.25, 0.3) is 0 Å². The number of hydrogen-bond donors (Lipinski definition) is 1. The van der Waals surface area contributed by atoms with E-state index in [4.69, 9.17) is 4.74 Å². The molecule has 0 aliphatic carbocycles. The molecule has 2 aliphatic heterocycles. The molecule has 0 bridgehead atoms. The molecular formula is C9H13NO2. The Morgan fingerprint density at radius 2 is 2.58 bits per heavy atom. The zero-order chi connectivity index (χ0) is 8.39. The number of rotatable bonds is 2. The summed E-state index contributed by atoms with van der Waals surface area (Å²) in [5.41, 5.74) is 0.878. The Balaban J connectivity index is 1.98. The second-order valence-corrected chi connectivity index (χ2v) is 3.32. The van der Waals surface area contributed by atoms with E-state index in [0.29, 0.717) is 6.61 Å². The number of hydrogen-bond acceptors (Lipinski definition) is 3. The maximum absolute atomic E-state index is 11.7. The summed E-state index contributed by atoms with van der Waals surface area (Å²) in [7, 11) is 0. The van der Waals surface area contributed by atoms with Crippen LogP contribution in [0.15, 0.2) is 11.8 Å². The summed E-state index contributed by atoms with van der Waals surface area (Å²) in [5.74, 6) is 0.496. The van der Waals surface area contributed by atoms with E-state index in [0.717, 1.165) is 31.5 Å². The summed E-state index contributed by atoms with van der Waals surface area (Å²) in [4.78, 5) is 11.7. The third-order valence-electron chi connectivity index (χ3n) is 2.46. The van der Waals surface area contributed by atoms with E-state index in [1.165, 1.54) is 0 Å². The normalized spacial score (nSPS) is 28.3. The maximum atomic E-state index is 11.7. The Kier molecular flexibility index (Phi) is 2.13. The lowest BCUT2D eigenvalue weighted by molar-refractivity contribution is -0.118. The van der Waals surface area contributed by atoms with Gasteiger partial charge in [0, 0.05) is 24.5 Å². The van der Waals surface area contributed by atoms with Crippen molar-refractivity contribution >= 4 is 5.78 Å². The Labute approximate surface area is 71.8 Å². The molecule has 3 nitrogen and oxygen atoms in total. The molecule has 0 spiro atoms. The van der Waals surface area contributed by atoms with E-state index in [9.17, 15) is 4.79 Å². The molecule has 2 aliphatic rings. The fourth-order valence-electron chi connectivity index (χ4n) is 1.71. The molecule has 0 aromatic heterocycles. The monoisotopic (exact) mass is 167 g/mol. The summed E-state index contributed by atoms with van der Waals surface area (Å²) < 4.78 is 5.03. The molecule has 66 valence electrons. The van der Waals surface area contributed by atoms with E-state index in [1.54, 1.807) is 6.26 Å².